The summed E-state index contributed by atoms with van der Waals surface area (Å²) in [5, 5.41) is 0. The van der Waals surface area contributed by atoms with Crippen molar-refractivity contribution >= 4 is 6.41 Å². The molecule has 2 aliphatic rings. The molecule has 0 aromatic heterocycles. The van der Waals surface area contributed by atoms with Crippen LogP contribution in [0, 0.1) is 0 Å². The Balaban J connectivity index is 1.89. The fourth-order valence-electron chi connectivity index (χ4n) is 1.76. The van der Waals surface area contributed by atoms with Crippen molar-refractivity contribution in [2.45, 2.75) is 37.8 Å². The van der Waals surface area contributed by atoms with Crippen LogP contribution >= 0.6 is 0 Å². The number of hydrogen-bond donors (Lipinski definition) is 0. The van der Waals surface area contributed by atoms with Gasteiger partial charge in [0.25, 0.3) is 0 Å². The standard InChI is InChI=1S/C9H14NO2/c11-7-10(8-1-2-8)9-3-5-12-6-4-9/h8-9H,1-6H2. The molecular formula is C9H14NO2. The van der Waals surface area contributed by atoms with Crippen molar-refractivity contribution in [2.24, 2.45) is 0 Å². The molecule has 0 N–H and O–H groups in total. The van der Waals surface area contributed by atoms with Gasteiger partial charge in [0.1, 0.15) is 0 Å². The van der Waals surface area contributed by atoms with E-state index in [4.69, 9.17) is 4.74 Å². The van der Waals surface area contributed by atoms with Gasteiger partial charge >= 0.3 is 6.41 Å². The maximum absolute atomic E-state index is 10.6. The van der Waals surface area contributed by atoms with Gasteiger partial charge in [-0.25, -0.2) is 0 Å². The molecule has 1 heterocycles. The highest BCUT2D eigenvalue weighted by molar-refractivity contribution is 5.50. The fourth-order valence-corrected chi connectivity index (χ4v) is 1.76. The first kappa shape index (κ1) is 8.05. The second-order valence-corrected chi connectivity index (χ2v) is 3.57. The minimum Gasteiger partial charge on any atom is -0.381 e. The smallest absolute Gasteiger partial charge is 0.312 e. The van der Waals surface area contributed by atoms with Crippen molar-refractivity contribution in [3.8, 4) is 0 Å². The Hall–Kier alpha value is -0.570. The molecule has 3 heteroatoms. The molecule has 12 heavy (non-hydrogen) atoms. The molecule has 0 spiro atoms. The van der Waals surface area contributed by atoms with Gasteiger partial charge in [0, 0.05) is 25.3 Å². The Kier molecular flexibility index (Phi) is 2.30. The summed E-state index contributed by atoms with van der Waals surface area (Å²) in [5.74, 6) is 0. The SMILES string of the molecule is O=[C]N(C1CCOCC1)C1CC1. The van der Waals surface area contributed by atoms with E-state index < -0.39 is 0 Å². The molecule has 0 unspecified atom stereocenters. The summed E-state index contributed by atoms with van der Waals surface area (Å²) in [4.78, 5) is 12.5. The zero-order valence-corrected chi connectivity index (χ0v) is 7.16. The van der Waals surface area contributed by atoms with Gasteiger partial charge in [0.2, 0.25) is 0 Å². The molecule has 0 aromatic carbocycles. The second-order valence-electron chi connectivity index (χ2n) is 3.57. The van der Waals surface area contributed by atoms with Crippen LogP contribution in [0.3, 0.4) is 0 Å². The summed E-state index contributed by atoms with van der Waals surface area (Å²) in [6.07, 6.45) is 6.39. The van der Waals surface area contributed by atoms with Crippen molar-refractivity contribution < 1.29 is 9.53 Å². The third-order valence-electron chi connectivity index (χ3n) is 2.63. The maximum atomic E-state index is 10.6. The monoisotopic (exact) mass is 168 g/mol. The molecule has 1 saturated carbocycles. The number of hydrogen-bond acceptors (Lipinski definition) is 2. The largest absolute Gasteiger partial charge is 0.381 e. The number of carbonyl (C=O) groups excluding carboxylic acids is 1. The van der Waals surface area contributed by atoms with Crippen LogP contribution in [0.5, 0.6) is 0 Å². The van der Waals surface area contributed by atoms with Crippen molar-refractivity contribution in [1.29, 1.82) is 0 Å². The van der Waals surface area contributed by atoms with E-state index in [9.17, 15) is 4.79 Å². The topological polar surface area (TPSA) is 29.5 Å². The summed E-state index contributed by atoms with van der Waals surface area (Å²) >= 11 is 0. The lowest BCUT2D eigenvalue weighted by molar-refractivity contribution is 0.0527. The Bertz CT molecular complexity index is 162. The van der Waals surface area contributed by atoms with Crippen LogP contribution < -0.4 is 0 Å². The Labute approximate surface area is 72.7 Å². The molecule has 3 nitrogen and oxygen atoms in total. The molecule has 0 atom stereocenters. The van der Waals surface area contributed by atoms with Gasteiger partial charge in [0.15, 0.2) is 0 Å². The van der Waals surface area contributed by atoms with E-state index >= 15 is 0 Å². The predicted octanol–water partition coefficient (Wildman–Crippen LogP) is 0.697. The van der Waals surface area contributed by atoms with Crippen LogP contribution in [0.4, 0.5) is 0 Å². The van der Waals surface area contributed by atoms with Crippen molar-refractivity contribution in [3.63, 3.8) is 0 Å². The first-order valence-electron chi connectivity index (χ1n) is 4.65. The van der Waals surface area contributed by atoms with Crippen LogP contribution in [0.15, 0.2) is 0 Å². The normalized spacial score (nSPS) is 25.3. The van der Waals surface area contributed by atoms with Crippen molar-refractivity contribution in [2.75, 3.05) is 13.2 Å². The lowest BCUT2D eigenvalue weighted by Gasteiger charge is -2.30. The van der Waals surface area contributed by atoms with E-state index in [-0.39, 0.29) is 0 Å². The van der Waals surface area contributed by atoms with Gasteiger partial charge in [-0.15, -0.1) is 0 Å². The van der Waals surface area contributed by atoms with Gasteiger partial charge < -0.3 is 9.64 Å². The highest BCUT2D eigenvalue weighted by Gasteiger charge is 2.34. The lowest BCUT2D eigenvalue weighted by Crippen LogP contribution is -2.39. The van der Waals surface area contributed by atoms with Gasteiger partial charge in [-0.1, -0.05) is 0 Å². The number of ether oxygens (including phenoxy) is 1. The summed E-state index contributed by atoms with van der Waals surface area (Å²) in [6.45, 7) is 1.60. The molecule has 67 valence electrons. The van der Waals surface area contributed by atoms with E-state index in [0.29, 0.717) is 12.1 Å². The zero-order valence-electron chi connectivity index (χ0n) is 7.16. The third kappa shape index (κ3) is 1.61. The Morgan fingerprint density at radius 3 is 2.17 bits per heavy atom. The van der Waals surface area contributed by atoms with E-state index in [1.54, 1.807) is 0 Å². The highest BCUT2D eigenvalue weighted by Crippen LogP contribution is 2.29. The van der Waals surface area contributed by atoms with Crippen LogP contribution in [-0.2, 0) is 9.53 Å². The average Bonchev–Trinajstić information content (AvgIpc) is 2.92. The van der Waals surface area contributed by atoms with E-state index in [2.05, 4.69) is 6.41 Å². The molecule has 2 rings (SSSR count). The first-order chi connectivity index (χ1) is 5.92. The van der Waals surface area contributed by atoms with Crippen LogP contribution in [0.2, 0.25) is 0 Å². The summed E-state index contributed by atoms with van der Waals surface area (Å²) < 4.78 is 5.24. The van der Waals surface area contributed by atoms with Gasteiger partial charge in [-0.05, 0) is 25.7 Å². The highest BCUT2D eigenvalue weighted by atomic mass is 16.5. The van der Waals surface area contributed by atoms with Crippen LogP contribution in [-0.4, -0.2) is 36.6 Å². The summed E-state index contributed by atoms with van der Waals surface area (Å²) in [7, 11) is 0. The van der Waals surface area contributed by atoms with Crippen molar-refractivity contribution in [1.82, 2.24) is 4.90 Å². The zero-order chi connectivity index (χ0) is 8.39. The minimum absolute atomic E-state index is 0.406. The first-order valence-corrected chi connectivity index (χ1v) is 4.65. The van der Waals surface area contributed by atoms with Crippen LogP contribution in [0.25, 0.3) is 0 Å². The Morgan fingerprint density at radius 1 is 1.08 bits per heavy atom. The van der Waals surface area contributed by atoms with Crippen molar-refractivity contribution in [3.05, 3.63) is 0 Å². The van der Waals surface area contributed by atoms with E-state index in [0.717, 1.165) is 26.1 Å². The fraction of sp³-hybridized carbons (Fsp3) is 0.889. The summed E-state index contributed by atoms with van der Waals surface area (Å²) in [5.41, 5.74) is 0. The molecule has 1 radical (unpaired) electrons. The third-order valence-corrected chi connectivity index (χ3v) is 2.63. The number of rotatable bonds is 3. The van der Waals surface area contributed by atoms with Crippen LogP contribution in [0.1, 0.15) is 25.7 Å². The quantitative estimate of drug-likeness (QED) is 0.580. The molecular weight excluding hydrogens is 154 g/mol. The lowest BCUT2D eigenvalue weighted by atomic mass is 10.1. The molecule has 1 amide bonds. The minimum atomic E-state index is 0.406. The van der Waals surface area contributed by atoms with Gasteiger partial charge in [0.05, 0.1) is 0 Å². The molecule has 1 saturated heterocycles. The average molecular weight is 168 g/mol. The van der Waals surface area contributed by atoms with E-state index in [1.165, 1.54) is 12.8 Å². The number of amides is 1. The van der Waals surface area contributed by atoms with Gasteiger partial charge in [-0.3, -0.25) is 4.79 Å². The molecule has 1 aliphatic heterocycles. The van der Waals surface area contributed by atoms with Gasteiger partial charge in [-0.2, -0.15) is 0 Å². The molecule has 1 aliphatic carbocycles. The predicted molar refractivity (Wildman–Crippen MR) is 44.4 cm³/mol. The maximum Gasteiger partial charge on any atom is 0.312 e. The Morgan fingerprint density at radius 2 is 1.67 bits per heavy atom. The molecule has 2 fully saturated rings. The molecule has 0 bridgehead atoms. The van der Waals surface area contributed by atoms with E-state index in [1.807, 2.05) is 4.90 Å². The molecule has 0 aromatic rings. The summed E-state index contributed by atoms with van der Waals surface area (Å²) in [6, 6.07) is 0.911. The number of nitrogens with zero attached hydrogens (tertiary/aromatic N) is 1. The second kappa shape index (κ2) is 3.44.